The fourth-order valence-corrected chi connectivity index (χ4v) is 6.98. The molecule has 1 aliphatic heterocycles. The van der Waals surface area contributed by atoms with E-state index >= 15 is 0 Å². The van der Waals surface area contributed by atoms with Gasteiger partial charge in [-0.3, -0.25) is 9.59 Å². The number of ketones is 1. The molecule has 3 heterocycles. The fraction of sp³-hybridized carbons (Fsp3) is 0.200. The van der Waals surface area contributed by atoms with Crippen LogP contribution in [0.4, 0.5) is 0 Å². The second kappa shape index (κ2) is 10.0. The second-order valence-corrected chi connectivity index (χ2v) is 11.4. The van der Waals surface area contributed by atoms with Crippen LogP contribution in [0.15, 0.2) is 83.6 Å². The van der Waals surface area contributed by atoms with Crippen molar-refractivity contribution >= 4 is 40.3 Å². The number of aryl methyl sites for hydroxylation is 1. The Labute approximate surface area is 228 Å². The van der Waals surface area contributed by atoms with Gasteiger partial charge >= 0.3 is 5.97 Å². The first-order valence-corrected chi connectivity index (χ1v) is 13.8. The van der Waals surface area contributed by atoms with Crippen molar-refractivity contribution < 1.29 is 19.5 Å². The highest BCUT2D eigenvalue weighted by atomic mass is 32.1. The van der Waals surface area contributed by atoms with Crippen molar-refractivity contribution in [1.29, 1.82) is 5.26 Å². The number of nitriles is 1. The molecule has 1 saturated heterocycles. The van der Waals surface area contributed by atoms with E-state index < -0.39 is 35.3 Å². The SMILES string of the molecule is Cc1cccc(C2C(C(=O)c3cccs3)C(c3ccc(C#N)cc3)C(C)(C(=O)O)N2C(=O)c2cccs2)c1. The summed E-state index contributed by atoms with van der Waals surface area (Å²) in [6, 6.07) is 22.4. The van der Waals surface area contributed by atoms with Crippen molar-refractivity contribution in [1.82, 2.24) is 4.90 Å². The zero-order valence-electron chi connectivity index (χ0n) is 20.7. The summed E-state index contributed by atoms with van der Waals surface area (Å²) in [5.41, 5.74) is 0.886. The molecule has 1 aliphatic rings. The monoisotopic (exact) mass is 540 g/mol. The van der Waals surface area contributed by atoms with Gasteiger partial charge in [-0.25, -0.2) is 4.79 Å². The maximum absolute atomic E-state index is 14.3. The van der Waals surface area contributed by atoms with Crippen molar-refractivity contribution in [3.05, 3.63) is 116 Å². The lowest BCUT2D eigenvalue weighted by Crippen LogP contribution is -2.54. The van der Waals surface area contributed by atoms with Crippen molar-refractivity contribution in [3.63, 3.8) is 0 Å². The minimum atomic E-state index is -1.76. The van der Waals surface area contributed by atoms with Crippen LogP contribution in [0.5, 0.6) is 0 Å². The van der Waals surface area contributed by atoms with Crippen LogP contribution in [-0.2, 0) is 4.79 Å². The first kappa shape index (κ1) is 25.6. The number of carboxylic acids is 1. The number of benzene rings is 2. The Morgan fingerprint density at radius 3 is 2.13 bits per heavy atom. The predicted octanol–water partition coefficient (Wildman–Crippen LogP) is 6.31. The van der Waals surface area contributed by atoms with E-state index in [1.165, 1.54) is 34.5 Å². The minimum Gasteiger partial charge on any atom is -0.479 e. The number of nitrogens with zero attached hydrogens (tertiary/aromatic N) is 2. The lowest BCUT2D eigenvalue weighted by Gasteiger charge is -2.37. The van der Waals surface area contributed by atoms with E-state index in [2.05, 4.69) is 6.07 Å². The topological polar surface area (TPSA) is 98.5 Å². The third-order valence-electron chi connectivity index (χ3n) is 7.32. The number of carbonyl (C=O) groups is 3. The average molecular weight is 541 g/mol. The highest BCUT2D eigenvalue weighted by molar-refractivity contribution is 7.12. The van der Waals surface area contributed by atoms with Crippen LogP contribution in [0.1, 0.15) is 60.5 Å². The Hall–Kier alpha value is -4.06. The highest BCUT2D eigenvalue weighted by Crippen LogP contribution is 2.57. The van der Waals surface area contributed by atoms with E-state index in [4.69, 9.17) is 0 Å². The molecule has 5 rings (SSSR count). The molecule has 4 aromatic rings. The zero-order valence-corrected chi connectivity index (χ0v) is 22.3. The number of likely N-dealkylation sites (tertiary alicyclic amines) is 1. The van der Waals surface area contributed by atoms with E-state index in [-0.39, 0.29) is 5.78 Å². The molecular weight excluding hydrogens is 516 g/mol. The fourth-order valence-electron chi connectivity index (χ4n) is 5.61. The summed E-state index contributed by atoms with van der Waals surface area (Å²) < 4.78 is 0. The van der Waals surface area contributed by atoms with Gasteiger partial charge in [-0.1, -0.05) is 54.1 Å². The Kier molecular flexibility index (Phi) is 6.74. The molecule has 0 radical (unpaired) electrons. The predicted molar refractivity (Wildman–Crippen MR) is 146 cm³/mol. The molecular formula is C30H24N2O4S2. The number of hydrogen-bond acceptors (Lipinski definition) is 6. The Balaban J connectivity index is 1.82. The molecule has 2 aromatic carbocycles. The third kappa shape index (κ3) is 4.14. The number of Topliss-reactive ketones (excluding diaryl/α,β-unsaturated/α-hetero) is 1. The third-order valence-corrected chi connectivity index (χ3v) is 9.06. The second-order valence-electron chi connectivity index (χ2n) is 9.54. The van der Waals surface area contributed by atoms with E-state index in [1.54, 1.807) is 53.9 Å². The summed E-state index contributed by atoms with van der Waals surface area (Å²) >= 11 is 2.53. The molecule has 0 bridgehead atoms. The summed E-state index contributed by atoms with van der Waals surface area (Å²) in [5, 5.41) is 23.7. The molecule has 1 amide bonds. The van der Waals surface area contributed by atoms with Crippen LogP contribution < -0.4 is 0 Å². The maximum Gasteiger partial charge on any atom is 0.330 e. The van der Waals surface area contributed by atoms with Crippen LogP contribution in [0.2, 0.25) is 0 Å². The van der Waals surface area contributed by atoms with Crippen LogP contribution in [0.25, 0.3) is 0 Å². The van der Waals surface area contributed by atoms with Gasteiger partial charge in [0.1, 0.15) is 5.54 Å². The summed E-state index contributed by atoms with van der Waals surface area (Å²) in [6.07, 6.45) is 0. The molecule has 8 heteroatoms. The van der Waals surface area contributed by atoms with Gasteiger partial charge in [-0.15, -0.1) is 22.7 Å². The molecule has 4 atom stereocenters. The Bertz CT molecular complexity index is 1540. The summed E-state index contributed by atoms with van der Waals surface area (Å²) in [7, 11) is 0. The van der Waals surface area contributed by atoms with Crippen molar-refractivity contribution in [2.75, 3.05) is 0 Å². The molecule has 1 fully saturated rings. The molecule has 1 N–H and O–H groups in total. The first-order valence-electron chi connectivity index (χ1n) is 12.0. The highest BCUT2D eigenvalue weighted by Gasteiger charge is 2.65. The normalized spacial score (nSPS) is 22.7. The molecule has 0 aliphatic carbocycles. The van der Waals surface area contributed by atoms with Crippen LogP contribution in [0.3, 0.4) is 0 Å². The molecule has 4 unspecified atom stereocenters. The van der Waals surface area contributed by atoms with Gasteiger partial charge in [0.2, 0.25) is 0 Å². The number of amides is 1. The van der Waals surface area contributed by atoms with Crippen molar-refractivity contribution in [3.8, 4) is 6.07 Å². The van der Waals surface area contributed by atoms with Crippen LogP contribution in [-0.4, -0.2) is 33.2 Å². The van der Waals surface area contributed by atoms with Gasteiger partial charge in [0.15, 0.2) is 5.78 Å². The van der Waals surface area contributed by atoms with E-state index in [1.807, 2.05) is 36.6 Å². The van der Waals surface area contributed by atoms with Crippen molar-refractivity contribution in [2.24, 2.45) is 5.92 Å². The van der Waals surface area contributed by atoms with Gasteiger partial charge in [0, 0.05) is 5.92 Å². The number of hydrogen-bond donors (Lipinski definition) is 1. The lowest BCUT2D eigenvalue weighted by atomic mass is 9.72. The summed E-state index contributed by atoms with van der Waals surface area (Å²) in [5.74, 6) is -3.60. The molecule has 6 nitrogen and oxygen atoms in total. The van der Waals surface area contributed by atoms with Gasteiger partial charge in [-0.05, 0) is 60.0 Å². The summed E-state index contributed by atoms with van der Waals surface area (Å²) in [6.45, 7) is 3.46. The van der Waals surface area contributed by atoms with Crippen LogP contribution >= 0.6 is 22.7 Å². The quantitative estimate of drug-likeness (QED) is 0.289. The molecule has 0 spiro atoms. The number of rotatable bonds is 6. The molecule has 38 heavy (non-hydrogen) atoms. The average Bonchev–Trinajstić information content (AvgIpc) is 3.68. The standard InChI is InChI=1S/C30H24N2O4S2/c1-18-6-3-7-21(16-18)26-24(27(33)22-8-4-14-37-22)25(20-12-10-19(17-31)11-13-20)30(2,29(35)36)32(26)28(34)23-9-5-15-38-23/h3-16,24-26H,1-2H3,(H,35,36). The molecule has 190 valence electrons. The van der Waals surface area contributed by atoms with Gasteiger partial charge < -0.3 is 10.0 Å². The van der Waals surface area contributed by atoms with E-state index in [0.717, 1.165) is 5.56 Å². The smallest absolute Gasteiger partial charge is 0.330 e. The van der Waals surface area contributed by atoms with Gasteiger partial charge in [-0.2, -0.15) is 5.26 Å². The molecule has 0 saturated carbocycles. The van der Waals surface area contributed by atoms with Gasteiger partial charge in [0.25, 0.3) is 5.91 Å². The zero-order chi connectivity index (χ0) is 27.0. The van der Waals surface area contributed by atoms with E-state index in [9.17, 15) is 24.8 Å². The minimum absolute atomic E-state index is 0.213. The molecule has 2 aromatic heterocycles. The lowest BCUT2D eigenvalue weighted by molar-refractivity contribution is -0.148. The number of carboxylic acid groups (broad SMARTS) is 1. The number of aliphatic carboxylic acids is 1. The number of carbonyl (C=O) groups excluding carboxylic acids is 2. The van der Waals surface area contributed by atoms with E-state index in [0.29, 0.717) is 26.4 Å². The maximum atomic E-state index is 14.3. The Morgan fingerprint density at radius 2 is 1.58 bits per heavy atom. The van der Waals surface area contributed by atoms with Crippen molar-refractivity contribution in [2.45, 2.75) is 31.3 Å². The first-order chi connectivity index (χ1) is 18.3. The largest absolute Gasteiger partial charge is 0.479 e. The number of thiophene rings is 2. The summed E-state index contributed by atoms with van der Waals surface area (Å²) in [4.78, 5) is 44.0. The van der Waals surface area contributed by atoms with Gasteiger partial charge in [0.05, 0.1) is 33.3 Å². The Morgan fingerprint density at radius 1 is 0.921 bits per heavy atom. The van der Waals surface area contributed by atoms with Crippen LogP contribution in [0, 0.1) is 24.2 Å².